The smallest absolute Gasteiger partial charge is 0.253 e. The zero-order chi connectivity index (χ0) is 13.8. The second-order valence-corrected chi connectivity index (χ2v) is 4.63. The molecular formula is C14H18N4O. The van der Waals surface area contributed by atoms with Gasteiger partial charge in [0.25, 0.3) is 5.91 Å². The van der Waals surface area contributed by atoms with Gasteiger partial charge >= 0.3 is 0 Å². The van der Waals surface area contributed by atoms with E-state index in [0.717, 1.165) is 11.4 Å². The molecule has 2 rings (SSSR count). The zero-order valence-corrected chi connectivity index (χ0v) is 11.4. The van der Waals surface area contributed by atoms with Crippen LogP contribution in [0.1, 0.15) is 16.1 Å². The van der Waals surface area contributed by atoms with E-state index in [2.05, 4.69) is 10.3 Å². The van der Waals surface area contributed by atoms with Crippen LogP contribution in [0, 0.1) is 0 Å². The number of rotatable bonds is 4. The first-order valence-corrected chi connectivity index (χ1v) is 6.08. The van der Waals surface area contributed by atoms with Crippen molar-refractivity contribution in [3.63, 3.8) is 0 Å². The number of amides is 1. The minimum absolute atomic E-state index is 0.0122. The lowest BCUT2D eigenvalue weighted by Crippen LogP contribution is -2.21. The van der Waals surface area contributed by atoms with Crippen LogP contribution < -0.4 is 5.32 Å². The van der Waals surface area contributed by atoms with Crippen LogP contribution >= 0.6 is 0 Å². The van der Waals surface area contributed by atoms with Crippen molar-refractivity contribution < 1.29 is 4.79 Å². The van der Waals surface area contributed by atoms with Crippen molar-refractivity contribution in [2.24, 2.45) is 7.05 Å². The van der Waals surface area contributed by atoms with E-state index < -0.39 is 0 Å². The maximum atomic E-state index is 11.7. The molecule has 0 aliphatic carbocycles. The number of nitrogens with one attached hydrogen (secondary N) is 1. The van der Waals surface area contributed by atoms with E-state index in [9.17, 15) is 4.79 Å². The number of anilines is 1. The Bertz CT molecular complexity index is 557. The molecule has 1 N–H and O–H groups in total. The van der Waals surface area contributed by atoms with Gasteiger partial charge in [0.2, 0.25) is 0 Å². The van der Waals surface area contributed by atoms with Crippen molar-refractivity contribution >= 4 is 11.6 Å². The summed E-state index contributed by atoms with van der Waals surface area (Å²) in [6.45, 7) is 0.706. The summed E-state index contributed by atoms with van der Waals surface area (Å²) >= 11 is 0. The summed E-state index contributed by atoms with van der Waals surface area (Å²) in [5.74, 6) is 0.0122. The number of hydrogen-bond acceptors (Lipinski definition) is 3. The van der Waals surface area contributed by atoms with Crippen LogP contribution in [0.4, 0.5) is 5.69 Å². The lowest BCUT2D eigenvalue weighted by molar-refractivity contribution is 0.0827. The predicted molar refractivity (Wildman–Crippen MR) is 75.0 cm³/mol. The Kier molecular flexibility index (Phi) is 3.85. The van der Waals surface area contributed by atoms with Gasteiger partial charge in [-0.05, 0) is 24.3 Å². The van der Waals surface area contributed by atoms with Gasteiger partial charge < -0.3 is 14.8 Å². The van der Waals surface area contributed by atoms with E-state index in [0.29, 0.717) is 12.1 Å². The highest BCUT2D eigenvalue weighted by Gasteiger charge is 2.07. The third-order valence-corrected chi connectivity index (χ3v) is 2.93. The van der Waals surface area contributed by atoms with Gasteiger partial charge in [0.15, 0.2) is 0 Å². The van der Waals surface area contributed by atoms with Crippen molar-refractivity contribution in [2.45, 2.75) is 6.54 Å². The number of imidazole rings is 1. The minimum Gasteiger partial charge on any atom is -0.379 e. The van der Waals surface area contributed by atoms with Gasteiger partial charge in [-0.15, -0.1) is 0 Å². The van der Waals surface area contributed by atoms with Gasteiger partial charge in [0.05, 0.1) is 18.6 Å². The summed E-state index contributed by atoms with van der Waals surface area (Å²) in [6, 6.07) is 7.47. The summed E-state index contributed by atoms with van der Waals surface area (Å²) in [5.41, 5.74) is 2.78. The van der Waals surface area contributed by atoms with Crippen molar-refractivity contribution in [1.82, 2.24) is 14.5 Å². The molecule has 0 radical (unpaired) electrons. The van der Waals surface area contributed by atoms with Gasteiger partial charge in [0, 0.05) is 38.6 Å². The molecule has 0 bridgehead atoms. The second-order valence-electron chi connectivity index (χ2n) is 4.63. The van der Waals surface area contributed by atoms with E-state index in [1.165, 1.54) is 0 Å². The van der Waals surface area contributed by atoms with E-state index in [1.54, 1.807) is 25.3 Å². The first-order valence-electron chi connectivity index (χ1n) is 6.08. The van der Waals surface area contributed by atoms with E-state index in [-0.39, 0.29) is 5.91 Å². The molecule has 2 aromatic rings. The Balaban J connectivity index is 1.99. The second kappa shape index (κ2) is 5.56. The van der Waals surface area contributed by atoms with Crippen molar-refractivity contribution in [3.8, 4) is 0 Å². The summed E-state index contributed by atoms with van der Waals surface area (Å²) in [4.78, 5) is 17.4. The van der Waals surface area contributed by atoms with Crippen LogP contribution in [0.2, 0.25) is 0 Å². The van der Waals surface area contributed by atoms with Crippen LogP contribution in [-0.4, -0.2) is 34.5 Å². The summed E-state index contributed by atoms with van der Waals surface area (Å²) in [7, 11) is 5.46. The SMILES string of the molecule is CN(C)C(=O)c1ccc(NCc2cncn2C)cc1. The molecule has 1 aromatic heterocycles. The number of nitrogens with zero attached hydrogens (tertiary/aromatic N) is 3. The highest BCUT2D eigenvalue weighted by atomic mass is 16.2. The molecule has 1 heterocycles. The number of aromatic nitrogens is 2. The molecule has 1 amide bonds. The van der Waals surface area contributed by atoms with E-state index in [4.69, 9.17) is 0 Å². The van der Waals surface area contributed by atoms with Gasteiger partial charge in [-0.3, -0.25) is 4.79 Å². The molecule has 19 heavy (non-hydrogen) atoms. The molecule has 100 valence electrons. The Hall–Kier alpha value is -2.30. The molecule has 1 aromatic carbocycles. The normalized spacial score (nSPS) is 10.3. The number of benzene rings is 1. The number of aryl methyl sites for hydroxylation is 1. The Morgan fingerprint density at radius 2 is 2.00 bits per heavy atom. The monoisotopic (exact) mass is 258 g/mol. The highest BCUT2D eigenvalue weighted by Crippen LogP contribution is 2.12. The average Bonchev–Trinajstić information content (AvgIpc) is 2.81. The van der Waals surface area contributed by atoms with Crippen LogP contribution in [-0.2, 0) is 13.6 Å². The summed E-state index contributed by atoms with van der Waals surface area (Å²) in [5, 5.41) is 3.30. The quantitative estimate of drug-likeness (QED) is 0.908. The molecule has 0 unspecified atom stereocenters. The lowest BCUT2D eigenvalue weighted by Gasteiger charge is -2.11. The molecule has 5 heteroatoms. The summed E-state index contributed by atoms with van der Waals surface area (Å²) in [6.07, 6.45) is 3.60. The Morgan fingerprint density at radius 3 is 2.53 bits per heavy atom. The van der Waals surface area contributed by atoms with Crippen molar-refractivity contribution in [3.05, 3.63) is 48.0 Å². The zero-order valence-electron chi connectivity index (χ0n) is 11.4. The van der Waals surface area contributed by atoms with Gasteiger partial charge in [-0.25, -0.2) is 4.98 Å². The molecule has 5 nitrogen and oxygen atoms in total. The van der Waals surface area contributed by atoms with E-state index in [1.807, 2.05) is 42.1 Å². The predicted octanol–water partition coefficient (Wildman–Crippen LogP) is 1.73. The van der Waals surface area contributed by atoms with Gasteiger partial charge in [0.1, 0.15) is 0 Å². The third kappa shape index (κ3) is 3.13. The molecule has 0 fully saturated rings. The maximum absolute atomic E-state index is 11.7. The largest absolute Gasteiger partial charge is 0.379 e. The molecular weight excluding hydrogens is 240 g/mol. The minimum atomic E-state index is 0.0122. The van der Waals surface area contributed by atoms with Crippen LogP contribution in [0.5, 0.6) is 0 Å². The molecule has 0 spiro atoms. The first-order chi connectivity index (χ1) is 9.08. The number of carbonyl (C=O) groups is 1. The average molecular weight is 258 g/mol. The fourth-order valence-electron chi connectivity index (χ4n) is 1.74. The lowest BCUT2D eigenvalue weighted by atomic mass is 10.2. The standard InChI is InChI=1S/C14H18N4O/c1-17(2)14(19)11-4-6-12(7-5-11)16-9-13-8-15-10-18(13)3/h4-8,10,16H,9H2,1-3H3. The molecule has 0 aliphatic rings. The van der Waals surface area contributed by atoms with Gasteiger partial charge in [-0.1, -0.05) is 0 Å². The van der Waals surface area contributed by atoms with Crippen molar-refractivity contribution in [2.75, 3.05) is 19.4 Å². The molecule has 0 saturated heterocycles. The molecule has 0 aliphatic heterocycles. The van der Waals surface area contributed by atoms with Crippen molar-refractivity contribution in [1.29, 1.82) is 0 Å². The maximum Gasteiger partial charge on any atom is 0.253 e. The van der Waals surface area contributed by atoms with Gasteiger partial charge in [-0.2, -0.15) is 0 Å². The highest BCUT2D eigenvalue weighted by molar-refractivity contribution is 5.94. The molecule has 0 saturated carbocycles. The topological polar surface area (TPSA) is 50.2 Å². The van der Waals surface area contributed by atoms with Crippen LogP contribution in [0.25, 0.3) is 0 Å². The van der Waals surface area contributed by atoms with Crippen LogP contribution in [0.15, 0.2) is 36.8 Å². The van der Waals surface area contributed by atoms with E-state index >= 15 is 0 Å². The fourth-order valence-corrected chi connectivity index (χ4v) is 1.74. The Labute approximate surface area is 112 Å². The number of hydrogen-bond donors (Lipinski definition) is 1. The summed E-state index contributed by atoms with van der Waals surface area (Å²) < 4.78 is 1.97. The third-order valence-electron chi connectivity index (χ3n) is 2.93. The Morgan fingerprint density at radius 1 is 1.32 bits per heavy atom. The number of carbonyl (C=O) groups excluding carboxylic acids is 1. The molecule has 0 atom stereocenters. The van der Waals surface area contributed by atoms with Crippen LogP contribution in [0.3, 0.4) is 0 Å². The fraction of sp³-hybridized carbons (Fsp3) is 0.286. The first kappa shape index (κ1) is 13.1.